The van der Waals surface area contributed by atoms with Gasteiger partial charge in [0.05, 0.1) is 0 Å². The number of hydrogen-bond acceptors (Lipinski definition) is 4. The van der Waals surface area contributed by atoms with Gasteiger partial charge in [0.15, 0.2) is 0 Å². The van der Waals surface area contributed by atoms with Crippen molar-refractivity contribution in [3.8, 4) is 0 Å². The Morgan fingerprint density at radius 1 is 1.25 bits per heavy atom. The van der Waals surface area contributed by atoms with Crippen LogP contribution in [0.1, 0.15) is 65.1 Å². The van der Waals surface area contributed by atoms with Gasteiger partial charge in [0.25, 0.3) is 0 Å². The summed E-state index contributed by atoms with van der Waals surface area (Å²) >= 11 is 0. The molecule has 0 aromatic carbocycles. The molecule has 4 heteroatoms. The van der Waals surface area contributed by atoms with E-state index in [1.807, 2.05) is 6.07 Å². The average Bonchev–Trinajstić information content (AvgIpc) is 2.86. The lowest BCUT2D eigenvalue weighted by Gasteiger charge is -2.18. The molecule has 1 saturated carbocycles. The zero-order valence-electron chi connectivity index (χ0n) is 13.1. The molecule has 0 aliphatic heterocycles. The molecule has 0 saturated heterocycles. The Labute approximate surface area is 122 Å². The predicted octanol–water partition coefficient (Wildman–Crippen LogP) is 3.74. The molecule has 0 unspecified atom stereocenters. The lowest BCUT2D eigenvalue weighted by atomic mass is 9.96. The highest BCUT2D eigenvalue weighted by Crippen LogP contribution is 2.28. The van der Waals surface area contributed by atoms with Crippen molar-refractivity contribution < 1.29 is 0 Å². The van der Waals surface area contributed by atoms with Crippen LogP contribution >= 0.6 is 0 Å². The van der Waals surface area contributed by atoms with Crippen LogP contribution in [0, 0.1) is 5.92 Å². The van der Waals surface area contributed by atoms with Gasteiger partial charge in [0, 0.05) is 18.0 Å². The number of nitrogen functional groups attached to an aromatic ring is 1. The molecule has 0 amide bonds. The van der Waals surface area contributed by atoms with Crippen LogP contribution in [0.3, 0.4) is 0 Å². The van der Waals surface area contributed by atoms with Crippen molar-refractivity contribution >= 4 is 11.6 Å². The quantitative estimate of drug-likeness (QED) is 0.804. The highest BCUT2D eigenvalue weighted by Gasteiger charge is 2.18. The molecule has 4 nitrogen and oxygen atoms in total. The maximum atomic E-state index is 5.87. The molecule has 0 spiro atoms. The molecule has 112 valence electrons. The summed E-state index contributed by atoms with van der Waals surface area (Å²) in [6.45, 7) is 7.28. The van der Waals surface area contributed by atoms with E-state index in [1.54, 1.807) is 0 Å². The summed E-state index contributed by atoms with van der Waals surface area (Å²) < 4.78 is 0. The molecule has 2 rings (SSSR count). The molecule has 1 fully saturated rings. The first-order valence-electron chi connectivity index (χ1n) is 7.84. The third-order valence-electron chi connectivity index (χ3n) is 3.99. The van der Waals surface area contributed by atoms with Gasteiger partial charge in [0.2, 0.25) is 0 Å². The van der Waals surface area contributed by atoms with Gasteiger partial charge in [-0.15, -0.1) is 0 Å². The maximum Gasteiger partial charge on any atom is 0.138 e. The maximum absolute atomic E-state index is 5.87. The van der Waals surface area contributed by atoms with Crippen LogP contribution in [0.4, 0.5) is 11.6 Å². The van der Waals surface area contributed by atoms with Gasteiger partial charge >= 0.3 is 0 Å². The molecule has 1 aliphatic carbocycles. The Kier molecular flexibility index (Phi) is 4.84. The van der Waals surface area contributed by atoms with Crippen molar-refractivity contribution in [2.75, 3.05) is 17.6 Å². The fourth-order valence-electron chi connectivity index (χ4n) is 2.80. The van der Waals surface area contributed by atoms with Crippen LogP contribution in [-0.4, -0.2) is 16.5 Å². The Morgan fingerprint density at radius 2 is 1.95 bits per heavy atom. The monoisotopic (exact) mass is 276 g/mol. The minimum atomic E-state index is -0.0738. The number of anilines is 2. The normalized spacial score (nSPS) is 16.6. The van der Waals surface area contributed by atoms with Gasteiger partial charge in [-0.1, -0.05) is 46.5 Å². The summed E-state index contributed by atoms with van der Waals surface area (Å²) in [5.41, 5.74) is 5.80. The van der Waals surface area contributed by atoms with E-state index in [4.69, 9.17) is 5.73 Å². The highest BCUT2D eigenvalue weighted by molar-refractivity contribution is 5.45. The van der Waals surface area contributed by atoms with Crippen LogP contribution in [0.5, 0.6) is 0 Å². The molecular formula is C16H28N4. The molecule has 0 radical (unpaired) electrons. The molecular weight excluding hydrogens is 248 g/mol. The van der Waals surface area contributed by atoms with Gasteiger partial charge in [0.1, 0.15) is 17.5 Å². The second-order valence-corrected chi connectivity index (χ2v) is 6.97. The van der Waals surface area contributed by atoms with Gasteiger partial charge in [-0.25, -0.2) is 9.97 Å². The van der Waals surface area contributed by atoms with E-state index in [0.717, 1.165) is 24.1 Å². The van der Waals surface area contributed by atoms with Crippen molar-refractivity contribution in [1.29, 1.82) is 0 Å². The number of nitrogens with one attached hydrogen (secondary N) is 1. The van der Waals surface area contributed by atoms with E-state index in [1.165, 1.54) is 38.5 Å². The van der Waals surface area contributed by atoms with Crippen LogP contribution in [-0.2, 0) is 5.41 Å². The van der Waals surface area contributed by atoms with E-state index in [-0.39, 0.29) is 5.41 Å². The molecule has 0 bridgehead atoms. The topological polar surface area (TPSA) is 63.8 Å². The fraction of sp³-hybridized carbons (Fsp3) is 0.750. The Hall–Kier alpha value is -1.32. The van der Waals surface area contributed by atoms with Gasteiger partial charge in [-0.2, -0.15) is 0 Å². The minimum Gasteiger partial charge on any atom is -0.384 e. The zero-order chi connectivity index (χ0) is 14.6. The largest absolute Gasteiger partial charge is 0.384 e. The van der Waals surface area contributed by atoms with E-state index in [0.29, 0.717) is 5.82 Å². The number of rotatable bonds is 5. The first-order valence-corrected chi connectivity index (χ1v) is 7.84. The summed E-state index contributed by atoms with van der Waals surface area (Å²) in [6, 6.07) is 1.82. The standard InChI is InChI=1S/C16H28N4/c1-16(2,3)15-19-13(17)11-14(20-15)18-10-6-9-12-7-4-5-8-12/h11-12H,4-10H2,1-3H3,(H3,17,18,19,20). The first-order chi connectivity index (χ1) is 9.45. The lowest BCUT2D eigenvalue weighted by Crippen LogP contribution is -2.18. The highest BCUT2D eigenvalue weighted by atomic mass is 15.1. The van der Waals surface area contributed by atoms with Crippen molar-refractivity contribution in [2.24, 2.45) is 5.92 Å². The van der Waals surface area contributed by atoms with Crippen molar-refractivity contribution in [1.82, 2.24) is 9.97 Å². The van der Waals surface area contributed by atoms with E-state index < -0.39 is 0 Å². The van der Waals surface area contributed by atoms with E-state index in [2.05, 4.69) is 36.1 Å². The number of nitrogens with two attached hydrogens (primary N) is 1. The third-order valence-corrected chi connectivity index (χ3v) is 3.99. The summed E-state index contributed by atoms with van der Waals surface area (Å²) in [7, 11) is 0. The van der Waals surface area contributed by atoms with Crippen LogP contribution < -0.4 is 11.1 Å². The van der Waals surface area contributed by atoms with Crippen molar-refractivity contribution in [2.45, 2.75) is 64.7 Å². The summed E-state index contributed by atoms with van der Waals surface area (Å²) in [6.07, 6.45) is 8.24. The zero-order valence-corrected chi connectivity index (χ0v) is 13.1. The average molecular weight is 276 g/mol. The Bertz CT molecular complexity index is 431. The fourth-order valence-corrected chi connectivity index (χ4v) is 2.80. The molecule has 1 aromatic heterocycles. The lowest BCUT2D eigenvalue weighted by molar-refractivity contribution is 0.491. The molecule has 1 aliphatic rings. The Balaban J connectivity index is 1.84. The summed E-state index contributed by atoms with van der Waals surface area (Å²) in [5, 5.41) is 3.39. The second kappa shape index (κ2) is 6.42. The molecule has 1 aromatic rings. The van der Waals surface area contributed by atoms with E-state index >= 15 is 0 Å². The van der Waals surface area contributed by atoms with Crippen molar-refractivity contribution in [3.63, 3.8) is 0 Å². The van der Waals surface area contributed by atoms with Gasteiger partial charge < -0.3 is 11.1 Å². The summed E-state index contributed by atoms with van der Waals surface area (Å²) in [5.74, 6) is 3.16. The third kappa shape index (κ3) is 4.36. The second-order valence-electron chi connectivity index (χ2n) is 6.97. The van der Waals surface area contributed by atoms with E-state index in [9.17, 15) is 0 Å². The number of hydrogen-bond donors (Lipinski definition) is 2. The molecule has 1 heterocycles. The first kappa shape index (κ1) is 15.1. The predicted molar refractivity (Wildman–Crippen MR) is 84.8 cm³/mol. The van der Waals surface area contributed by atoms with Crippen LogP contribution in [0.15, 0.2) is 6.07 Å². The smallest absolute Gasteiger partial charge is 0.138 e. The number of nitrogens with zero attached hydrogens (tertiary/aromatic N) is 2. The van der Waals surface area contributed by atoms with Crippen LogP contribution in [0.25, 0.3) is 0 Å². The van der Waals surface area contributed by atoms with Crippen molar-refractivity contribution in [3.05, 3.63) is 11.9 Å². The minimum absolute atomic E-state index is 0.0738. The Morgan fingerprint density at radius 3 is 2.60 bits per heavy atom. The SMILES string of the molecule is CC(C)(C)c1nc(N)cc(NCCCC2CCCC2)n1. The van der Waals surface area contributed by atoms with Gasteiger partial charge in [-0.05, 0) is 18.8 Å². The van der Waals surface area contributed by atoms with Gasteiger partial charge in [-0.3, -0.25) is 0 Å². The van der Waals surface area contributed by atoms with Crippen LogP contribution in [0.2, 0.25) is 0 Å². The number of aromatic nitrogens is 2. The molecule has 0 atom stereocenters. The molecule has 3 N–H and O–H groups in total. The molecule has 20 heavy (non-hydrogen) atoms. The summed E-state index contributed by atoms with van der Waals surface area (Å²) in [4.78, 5) is 8.89.